The fraction of sp³-hybridized carbons (Fsp3) is 0.429. The highest BCUT2D eigenvalue weighted by molar-refractivity contribution is 6.83. The van der Waals surface area contributed by atoms with Gasteiger partial charge >= 0.3 is 8.56 Å². The molecule has 1 atom stereocenters. The molecule has 120 valence electrons. The number of epoxide rings is 1. The summed E-state index contributed by atoms with van der Waals surface area (Å²) in [6.07, 6.45) is 0.0588. The molecule has 0 amide bonds. The molecule has 1 aromatic carbocycles. The first kappa shape index (κ1) is 16.5. The molecule has 0 spiro atoms. The van der Waals surface area contributed by atoms with Crippen molar-refractivity contribution in [3.05, 3.63) is 24.3 Å². The zero-order chi connectivity index (χ0) is 16.2. The third-order valence-electron chi connectivity index (χ3n) is 3.00. The van der Waals surface area contributed by atoms with E-state index in [1.54, 1.807) is 24.3 Å². The van der Waals surface area contributed by atoms with E-state index in [9.17, 15) is 9.59 Å². The van der Waals surface area contributed by atoms with Crippen LogP contribution in [0, 0.1) is 0 Å². The van der Waals surface area contributed by atoms with E-state index in [0.29, 0.717) is 24.2 Å². The molecule has 0 bridgehead atoms. The van der Waals surface area contributed by atoms with Gasteiger partial charge in [-0.3, -0.25) is 9.59 Å². The molecule has 8 heteroatoms. The lowest BCUT2D eigenvalue weighted by molar-refractivity contribution is -0.138. The number of hydrogen-bond acceptors (Lipinski definition) is 7. The zero-order valence-corrected chi connectivity index (χ0v) is 13.5. The molecule has 1 aliphatic heterocycles. The zero-order valence-electron chi connectivity index (χ0n) is 12.5. The smallest absolute Gasteiger partial charge is 0.491 e. The minimum atomic E-state index is -3.38. The van der Waals surface area contributed by atoms with Gasteiger partial charge in [0.15, 0.2) is 0 Å². The lowest BCUT2D eigenvalue weighted by Crippen LogP contribution is -2.61. The maximum atomic E-state index is 11.4. The molecule has 0 radical (unpaired) electrons. The Bertz CT molecular complexity index is 544. The van der Waals surface area contributed by atoms with Gasteiger partial charge in [-0.2, -0.15) is 0 Å². The predicted octanol–water partition coefficient (Wildman–Crippen LogP) is -0.262. The Labute approximate surface area is 129 Å². The number of rotatable bonds is 7. The molecular formula is C14H19NO6Si. The number of ether oxygens (including phenoxy) is 2. The van der Waals surface area contributed by atoms with Crippen molar-refractivity contribution in [2.45, 2.75) is 20.0 Å². The topological polar surface area (TPSA) is 100 Å². The Balaban J connectivity index is 2.25. The molecule has 22 heavy (non-hydrogen) atoms. The van der Waals surface area contributed by atoms with E-state index < -0.39 is 20.5 Å². The second kappa shape index (κ2) is 6.90. The summed E-state index contributed by atoms with van der Waals surface area (Å²) < 4.78 is 21.3. The van der Waals surface area contributed by atoms with Crippen molar-refractivity contribution in [3.63, 3.8) is 0 Å². The van der Waals surface area contributed by atoms with E-state index in [2.05, 4.69) is 0 Å². The van der Waals surface area contributed by atoms with Gasteiger partial charge in [0.2, 0.25) is 0 Å². The molecule has 2 N–H and O–H groups in total. The van der Waals surface area contributed by atoms with Crippen LogP contribution in [-0.4, -0.2) is 46.0 Å². The van der Waals surface area contributed by atoms with Crippen LogP contribution in [0.5, 0.6) is 5.75 Å². The van der Waals surface area contributed by atoms with Crippen LogP contribution in [0.4, 0.5) is 0 Å². The molecule has 1 heterocycles. The quantitative estimate of drug-likeness (QED) is 0.544. The van der Waals surface area contributed by atoms with Crippen LogP contribution in [-0.2, 0) is 23.2 Å². The maximum Gasteiger partial charge on any atom is 0.513 e. The Hall–Kier alpha value is -1.90. The summed E-state index contributed by atoms with van der Waals surface area (Å²) in [6.45, 7) is 3.65. The summed E-state index contributed by atoms with van der Waals surface area (Å²) >= 11 is 0. The van der Waals surface area contributed by atoms with Gasteiger partial charge in [0, 0.05) is 19.0 Å². The molecule has 7 nitrogen and oxygen atoms in total. The lowest BCUT2D eigenvalue weighted by atomic mass is 10.3. The summed E-state index contributed by atoms with van der Waals surface area (Å²) in [7, 11) is -3.38. The van der Waals surface area contributed by atoms with Crippen molar-refractivity contribution in [3.8, 4) is 5.75 Å². The second-order valence-electron chi connectivity index (χ2n) is 4.94. The Morgan fingerprint density at radius 2 is 1.95 bits per heavy atom. The van der Waals surface area contributed by atoms with Crippen LogP contribution >= 0.6 is 0 Å². The summed E-state index contributed by atoms with van der Waals surface area (Å²) in [4.78, 5) is 22.8. The SMILES string of the molecule is CC(=O)O[Si](CN)(OC(C)=O)c1cccc(OCC2CO2)c1. The number of benzene rings is 1. The van der Waals surface area contributed by atoms with E-state index in [1.807, 2.05) is 0 Å². The van der Waals surface area contributed by atoms with E-state index in [0.717, 1.165) is 0 Å². The van der Waals surface area contributed by atoms with Crippen LogP contribution in [0.15, 0.2) is 24.3 Å². The summed E-state index contributed by atoms with van der Waals surface area (Å²) in [6, 6.07) is 6.91. The highest BCUT2D eigenvalue weighted by Gasteiger charge is 2.45. The minimum Gasteiger partial charge on any atom is -0.491 e. The Morgan fingerprint density at radius 3 is 2.45 bits per heavy atom. The third kappa shape index (κ3) is 4.29. The predicted molar refractivity (Wildman–Crippen MR) is 79.7 cm³/mol. The van der Waals surface area contributed by atoms with E-state index >= 15 is 0 Å². The Kier molecular flexibility index (Phi) is 5.17. The first-order chi connectivity index (χ1) is 10.4. The van der Waals surface area contributed by atoms with Crippen molar-refractivity contribution in [2.75, 3.05) is 19.4 Å². The van der Waals surface area contributed by atoms with Crippen LogP contribution in [0.25, 0.3) is 0 Å². The third-order valence-corrected chi connectivity index (χ3v) is 5.96. The molecule has 1 unspecified atom stereocenters. The van der Waals surface area contributed by atoms with Crippen molar-refractivity contribution in [2.24, 2.45) is 5.73 Å². The summed E-state index contributed by atoms with van der Waals surface area (Å²) in [5, 5.41) is 0.564. The molecule has 1 fully saturated rings. The number of hydrogen-bond donors (Lipinski definition) is 1. The minimum absolute atomic E-state index is 0.0681. The van der Waals surface area contributed by atoms with E-state index in [-0.39, 0.29) is 12.3 Å². The van der Waals surface area contributed by atoms with Crippen LogP contribution in [0.1, 0.15) is 13.8 Å². The average molecular weight is 325 g/mol. The second-order valence-corrected chi connectivity index (χ2v) is 7.84. The van der Waals surface area contributed by atoms with Crippen molar-refractivity contribution in [1.29, 1.82) is 0 Å². The van der Waals surface area contributed by atoms with Crippen molar-refractivity contribution >= 4 is 25.7 Å². The summed E-state index contributed by atoms with van der Waals surface area (Å²) in [5.41, 5.74) is 5.77. The van der Waals surface area contributed by atoms with Crippen molar-refractivity contribution in [1.82, 2.24) is 0 Å². The number of nitrogens with two attached hydrogens (primary N) is 1. The van der Waals surface area contributed by atoms with Gasteiger partial charge in [-0.1, -0.05) is 12.1 Å². The normalized spacial score (nSPS) is 16.8. The molecule has 0 saturated carbocycles. The molecular weight excluding hydrogens is 306 g/mol. The highest BCUT2D eigenvalue weighted by Crippen LogP contribution is 2.16. The van der Waals surface area contributed by atoms with Gasteiger partial charge in [0.25, 0.3) is 11.9 Å². The monoisotopic (exact) mass is 325 g/mol. The largest absolute Gasteiger partial charge is 0.513 e. The van der Waals surface area contributed by atoms with E-state index in [1.165, 1.54) is 13.8 Å². The van der Waals surface area contributed by atoms with Crippen LogP contribution in [0.2, 0.25) is 0 Å². The van der Waals surface area contributed by atoms with Gasteiger partial charge in [0.05, 0.1) is 12.8 Å². The molecule has 1 aromatic rings. The molecule has 2 rings (SSSR count). The van der Waals surface area contributed by atoms with Gasteiger partial charge in [-0.05, 0) is 12.1 Å². The van der Waals surface area contributed by atoms with Gasteiger partial charge in [0.1, 0.15) is 18.5 Å². The first-order valence-electron chi connectivity index (χ1n) is 6.89. The molecule has 1 saturated heterocycles. The van der Waals surface area contributed by atoms with Gasteiger partial charge in [-0.15, -0.1) is 0 Å². The number of carbonyl (C=O) groups excluding carboxylic acids is 2. The maximum absolute atomic E-state index is 11.4. The highest BCUT2D eigenvalue weighted by atomic mass is 28.4. The molecule has 0 aliphatic carbocycles. The molecule has 0 aromatic heterocycles. The van der Waals surface area contributed by atoms with Gasteiger partial charge in [-0.25, -0.2) is 0 Å². The molecule has 1 aliphatic rings. The average Bonchev–Trinajstić information content (AvgIpc) is 3.28. The Morgan fingerprint density at radius 1 is 1.32 bits per heavy atom. The fourth-order valence-electron chi connectivity index (χ4n) is 1.98. The fourth-order valence-corrected chi connectivity index (χ4v) is 4.30. The lowest BCUT2D eigenvalue weighted by Gasteiger charge is -2.27. The van der Waals surface area contributed by atoms with Crippen LogP contribution in [0.3, 0.4) is 0 Å². The van der Waals surface area contributed by atoms with Crippen molar-refractivity contribution < 1.29 is 27.9 Å². The first-order valence-corrected chi connectivity index (χ1v) is 8.92. The standard InChI is InChI=1S/C14H19NO6Si/c1-10(16)20-22(9-15,21-11(2)17)14-5-3-4-12(6-14)18-7-13-8-19-13/h3-6,13H,7-9,15H2,1-2H3. The number of carbonyl (C=O) groups is 2. The van der Waals surface area contributed by atoms with Crippen LogP contribution < -0.4 is 15.7 Å². The van der Waals surface area contributed by atoms with E-state index in [4.69, 9.17) is 24.1 Å². The summed E-state index contributed by atoms with van der Waals surface area (Å²) in [5.74, 6) is -0.509. The van der Waals surface area contributed by atoms with Gasteiger partial charge < -0.3 is 24.1 Å².